The van der Waals surface area contributed by atoms with E-state index in [0.717, 1.165) is 6.54 Å². The van der Waals surface area contributed by atoms with E-state index in [-0.39, 0.29) is 6.04 Å². The van der Waals surface area contributed by atoms with Gasteiger partial charge in [0, 0.05) is 12.6 Å². The van der Waals surface area contributed by atoms with Gasteiger partial charge in [-0.1, -0.05) is 13.8 Å². The molecule has 1 unspecified atom stereocenters. The van der Waals surface area contributed by atoms with Crippen LogP contribution in [-0.2, 0) is 0 Å². The molecule has 0 aliphatic carbocycles. The maximum absolute atomic E-state index is 12.5. The molecule has 0 aromatic carbocycles. The Labute approximate surface area is 93.8 Å². The van der Waals surface area contributed by atoms with Crippen molar-refractivity contribution in [1.29, 1.82) is 0 Å². The van der Waals surface area contributed by atoms with Gasteiger partial charge in [-0.25, -0.2) is 8.78 Å². The van der Waals surface area contributed by atoms with E-state index in [4.69, 9.17) is 0 Å². The predicted octanol–water partition coefficient (Wildman–Crippen LogP) is 2.11. The molecule has 0 aromatic heterocycles. The molecule has 0 radical (unpaired) electrons. The van der Waals surface area contributed by atoms with E-state index in [1.807, 2.05) is 13.8 Å². The molecule has 6 heteroatoms. The van der Waals surface area contributed by atoms with Crippen molar-refractivity contribution < 1.29 is 17.6 Å². The van der Waals surface area contributed by atoms with Crippen LogP contribution in [0.3, 0.4) is 0 Å². The van der Waals surface area contributed by atoms with E-state index in [1.165, 1.54) is 0 Å². The molecule has 0 heterocycles. The minimum Gasteiger partial charge on any atom is -0.315 e. The normalized spacial score (nSPS) is 14.8. The van der Waals surface area contributed by atoms with Gasteiger partial charge in [0.05, 0.1) is 6.54 Å². The van der Waals surface area contributed by atoms with Gasteiger partial charge in [-0.3, -0.25) is 0 Å². The van der Waals surface area contributed by atoms with Gasteiger partial charge in [0.15, 0.2) is 0 Å². The molecule has 0 saturated heterocycles. The minimum absolute atomic E-state index is 0.261. The molecule has 2 nitrogen and oxygen atoms in total. The van der Waals surface area contributed by atoms with Crippen LogP contribution in [0, 0.1) is 5.92 Å². The third kappa shape index (κ3) is 7.00. The van der Waals surface area contributed by atoms with Crippen LogP contribution in [0.15, 0.2) is 0 Å². The number of alkyl halides is 4. The van der Waals surface area contributed by atoms with Crippen LogP contribution < -0.4 is 10.6 Å². The Morgan fingerprint density at radius 1 is 1.06 bits per heavy atom. The van der Waals surface area contributed by atoms with Crippen molar-refractivity contribution in [2.24, 2.45) is 5.92 Å². The van der Waals surface area contributed by atoms with Crippen LogP contribution in [0.2, 0.25) is 0 Å². The first-order valence-corrected chi connectivity index (χ1v) is 5.35. The molecular weight excluding hydrogens is 224 g/mol. The summed E-state index contributed by atoms with van der Waals surface area (Å²) in [5.41, 5.74) is 0. The van der Waals surface area contributed by atoms with Crippen molar-refractivity contribution in [3.05, 3.63) is 0 Å². The summed E-state index contributed by atoms with van der Waals surface area (Å²) >= 11 is 0. The van der Waals surface area contributed by atoms with Gasteiger partial charge in [0.2, 0.25) is 0 Å². The summed E-state index contributed by atoms with van der Waals surface area (Å²) in [7, 11) is 0. The van der Waals surface area contributed by atoms with E-state index in [0.29, 0.717) is 12.5 Å². The monoisotopic (exact) mass is 244 g/mol. The van der Waals surface area contributed by atoms with Crippen LogP contribution in [0.4, 0.5) is 17.6 Å². The van der Waals surface area contributed by atoms with E-state index in [9.17, 15) is 17.6 Å². The molecule has 0 aliphatic heterocycles. The first-order valence-electron chi connectivity index (χ1n) is 5.35. The highest BCUT2D eigenvalue weighted by Gasteiger charge is 2.40. The molecule has 2 N–H and O–H groups in total. The second-order valence-electron chi connectivity index (χ2n) is 4.40. The van der Waals surface area contributed by atoms with Gasteiger partial charge in [0.25, 0.3) is 0 Å². The van der Waals surface area contributed by atoms with Crippen molar-refractivity contribution >= 4 is 0 Å². The number of hydrogen-bond acceptors (Lipinski definition) is 2. The van der Waals surface area contributed by atoms with Crippen molar-refractivity contribution in [2.75, 3.05) is 19.6 Å². The number of rotatable bonds is 8. The smallest absolute Gasteiger partial charge is 0.315 e. The highest BCUT2D eigenvalue weighted by molar-refractivity contribution is 4.75. The van der Waals surface area contributed by atoms with E-state index in [1.54, 1.807) is 6.92 Å². The molecule has 0 bridgehead atoms. The Morgan fingerprint density at radius 3 is 2.06 bits per heavy atom. The summed E-state index contributed by atoms with van der Waals surface area (Å²) in [5.74, 6) is -3.48. The van der Waals surface area contributed by atoms with E-state index >= 15 is 0 Å². The Balaban J connectivity index is 3.68. The molecule has 16 heavy (non-hydrogen) atoms. The lowest BCUT2D eigenvalue weighted by molar-refractivity contribution is -0.126. The highest BCUT2D eigenvalue weighted by Crippen LogP contribution is 2.21. The second kappa shape index (κ2) is 7.06. The fourth-order valence-electron chi connectivity index (χ4n) is 1.05. The summed E-state index contributed by atoms with van der Waals surface area (Å²) in [6, 6.07) is -0.261. The van der Waals surface area contributed by atoms with Crippen molar-refractivity contribution in [2.45, 2.75) is 39.2 Å². The van der Waals surface area contributed by atoms with Gasteiger partial charge in [-0.05, 0) is 19.4 Å². The zero-order valence-electron chi connectivity index (χ0n) is 9.87. The summed E-state index contributed by atoms with van der Waals surface area (Å²) in [6.45, 7) is 5.99. The molecule has 0 fully saturated rings. The van der Waals surface area contributed by atoms with Crippen LogP contribution in [0.25, 0.3) is 0 Å². The maximum atomic E-state index is 12.5. The lowest BCUT2D eigenvalue weighted by atomic mass is 10.2. The molecule has 0 spiro atoms. The van der Waals surface area contributed by atoms with E-state index < -0.39 is 18.9 Å². The fourth-order valence-corrected chi connectivity index (χ4v) is 1.05. The first kappa shape index (κ1) is 15.6. The van der Waals surface area contributed by atoms with Crippen molar-refractivity contribution in [3.63, 3.8) is 0 Å². The standard InChI is InChI=1S/C10H20F4N2/c1-7(2)4-15-5-8(3)16-6-10(13,14)9(11)12/h7-9,15-16H,4-6H2,1-3H3. The summed E-state index contributed by atoms with van der Waals surface area (Å²) < 4.78 is 48.7. The molecular formula is C10H20F4N2. The predicted molar refractivity (Wildman–Crippen MR) is 56.1 cm³/mol. The third-order valence-electron chi connectivity index (χ3n) is 2.01. The summed E-state index contributed by atoms with van der Waals surface area (Å²) in [4.78, 5) is 0. The van der Waals surface area contributed by atoms with Gasteiger partial charge >= 0.3 is 12.3 Å². The molecule has 0 aromatic rings. The average molecular weight is 244 g/mol. The van der Waals surface area contributed by atoms with Gasteiger partial charge in [-0.2, -0.15) is 8.78 Å². The van der Waals surface area contributed by atoms with Crippen LogP contribution in [0.5, 0.6) is 0 Å². The lowest BCUT2D eigenvalue weighted by Gasteiger charge is -2.20. The Morgan fingerprint density at radius 2 is 1.62 bits per heavy atom. The largest absolute Gasteiger partial charge is 0.319 e. The van der Waals surface area contributed by atoms with Crippen LogP contribution in [0.1, 0.15) is 20.8 Å². The quantitative estimate of drug-likeness (QED) is 0.639. The SMILES string of the molecule is CC(C)CNCC(C)NCC(F)(F)C(F)F. The first-order chi connectivity index (χ1) is 7.25. The number of nitrogens with one attached hydrogen (secondary N) is 2. The van der Waals surface area contributed by atoms with Crippen molar-refractivity contribution in [1.82, 2.24) is 10.6 Å². The Bertz CT molecular complexity index is 186. The second-order valence-corrected chi connectivity index (χ2v) is 4.40. The minimum atomic E-state index is -3.95. The fraction of sp³-hybridized carbons (Fsp3) is 1.00. The summed E-state index contributed by atoms with van der Waals surface area (Å²) in [5, 5.41) is 5.44. The zero-order chi connectivity index (χ0) is 12.8. The van der Waals surface area contributed by atoms with Crippen LogP contribution in [-0.4, -0.2) is 38.0 Å². The maximum Gasteiger partial charge on any atom is 0.319 e. The lowest BCUT2D eigenvalue weighted by Crippen LogP contribution is -2.45. The van der Waals surface area contributed by atoms with Crippen molar-refractivity contribution in [3.8, 4) is 0 Å². The van der Waals surface area contributed by atoms with Crippen LogP contribution >= 0.6 is 0 Å². The van der Waals surface area contributed by atoms with Gasteiger partial charge in [-0.15, -0.1) is 0 Å². The average Bonchev–Trinajstić information content (AvgIpc) is 2.14. The number of halogens is 4. The molecule has 98 valence electrons. The highest BCUT2D eigenvalue weighted by atomic mass is 19.3. The Hall–Kier alpha value is -0.360. The third-order valence-corrected chi connectivity index (χ3v) is 2.01. The van der Waals surface area contributed by atoms with Gasteiger partial charge in [0.1, 0.15) is 0 Å². The zero-order valence-corrected chi connectivity index (χ0v) is 9.87. The topological polar surface area (TPSA) is 24.1 Å². The molecule has 1 atom stereocenters. The van der Waals surface area contributed by atoms with Gasteiger partial charge < -0.3 is 10.6 Å². The summed E-state index contributed by atoms with van der Waals surface area (Å²) in [6.07, 6.45) is -3.61. The Kier molecular flexibility index (Phi) is 6.90. The molecule has 0 rings (SSSR count). The number of hydrogen-bond donors (Lipinski definition) is 2. The molecule has 0 aliphatic rings. The molecule has 0 saturated carbocycles. The molecule has 0 amide bonds. The van der Waals surface area contributed by atoms with E-state index in [2.05, 4.69) is 10.6 Å².